The smallest absolute Gasteiger partial charge is 0.0348 e. The molecule has 2 heteroatoms. The van der Waals surface area contributed by atoms with Crippen molar-refractivity contribution in [3.05, 3.63) is 34.9 Å². The first-order valence-electron chi connectivity index (χ1n) is 6.76. The monoisotopic (exact) mass is 267 g/mol. The van der Waals surface area contributed by atoms with E-state index in [0.717, 1.165) is 13.1 Å². The van der Waals surface area contributed by atoms with E-state index in [1.165, 1.54) is 16.7 Å². The Balaban J connectivity index is 2.95. The van der Waals surface area contributed by atoms with Gasteiger partial charge >= 0.3 is 0 Å². The van der Waals surface area contributed by atoms with Gasteiger partial charge in [0.15, 0.2) is 0 Å². The number of halogens is 1. The van der Waals surface area contributed by atoms with Crippen LogP contribution in [0.4, 0.5) is 0 Å². The lowest BCUT2D eigenvalue weighted by Crippen LogP contribution is -2.34. The SMILES string of the molecule is Cc1ccc(C(C)C)cc1C(C)(C)CNCCCl. The third-order valence-corrected chi connectivity index (χ3v) is 3.68. The maximum atomic E-state index is 5.71. The fourth-order valence-electron chi connectivity index (χ4n) is 2.29. The maximum absolute atomic E-state index is 5.71. The van der Waals surface area contributed by atoms with Gasteiger partial charge in [0.05, 0.1) is 0 Å². The van der Waals surface area contributed by atoms with E-state index in [2.05, 4.69) is 58.1 Å². The third kappa shape index (κ3) is 4.00. The van der Waals surface area contributed by atoms with E-state index in [4.69, 9.17) is 11.6 Å². The molecule has 1 aromatic carbocycles. The van der Waals surface area contributed by atoms with Crippen LogP contribution in [-0.2, 0) is 5.41 Å². The summed E-state index contributed by atoms with van der Waals surface area (Å²) in [5.41, 5.74) is 4.37. The number of benzene rings is 1. The predicted octanol–water partition coefficient (Wildman–Crippen LogP) is 4.22. The molecule has 0 aliphatic rings. The molecule has 0 amide bonds. The van der Waals surface area contributed by atoms with E-state index in [-0.39, 0.29) is 5.41 Å². The van der Waals surface area contributed by atoms with Gasteiger partial charge in [-0.15, -0.1) is 11.6 Å². The van der Waals surface area contributed by atoms with Gasteiger partial charge in [-0.1, -0.05) is 45.9 Å². The molecular weight excluding hydrogens is 242 g/mol. The summed E-state index contributed by atoms with van der Waals surface area (Å²) >= 11 is 5.71. The molecule has 102 valence electrons. The highest BCUT2D eigenvalue weighted by Crippen LogP contribution is 2.28. The minimum absolute atomic E-state index is 0.140. The van der Waals surface area contributed by atoms with Crippen molar-refractivity contribution in [3.63, 3.8) is 0 Å². The lowest BCUT2D eigenvalue weighted by molar-refractivity contribution is 0.475. The first-order chi connectivity index (χ1) is 8.38. The van der Waals surface area contributed by atoms with Crippen LogP contribution in [-0.4, -0.2) is 19.0 Å². The van der Waals surface area contributed by atoms with Crippen LogP contribution in [0.2, 0.25) is 0 Å². The van der Waals surface area contributed by atoms with Crippen molar-refractivity contribution in [3.8, 4) is 0 Å². The summed E-state index contributed by atoms with van der Waals surface area (Å²) in [5.74, 6) is 1.25. The number of nitrogens with one attached hydrogen (secondary N) is 1. The minimum Gasteiger partial charge on any atom is -0.315 e. The van der Waals surface area contributed by atoms with Crippen LogP contribution in [0.1, 0.15) is 50.3 Å². The number of hydrogen-bond donors (Lipinski definition) is 1. The van der Waals surface area contributed by atoms with Gasteiger partial charge in [0.25, 0.3) is 0 Å². The van der Waals surface area contributed by atoms with E-state index in [0.29, 0.717) is 11.8 Å². The molecule has 1 aromatic rings. The first kappa shape index (κ1) is 15.5. The number of rotatable bonds is 6. The summed E-state index contributed by atoms with van der Waals surface area (Å²) in [6, 6.07) is 6.85. The molecule has 0 aliphatic carbocycles. The summed E-state index contributed by atoms with van der Waals surface area (Å²) in [6.07, 6.45) is 0. The van der Waals surface area contributed by atoms with Crippen molar-refractivity contribution in [2.24, 2.45) is 0 Å². The molecule has 1 N–H and O–H groups in total. The van der Waals surface area contributed by atoms with Crippen LogP contribution in [0.3, 0.4) is 0 Å². The maximum Gasteiger partial charge on any atom is 0.0348 e. The lowest BCUT2D eigenvalue weighted by atomic mass is 9.80. The van der Waals surface area contributed by atoms with Crippen molar-refractivity contribution in [2.75, 3.05) is 19.0 Å². The molecule has 1 rings (SSSR count). The molecule has 0 aromatic heterocycles. The molecule has 18 heavy (non-hydrogen) atoms. The van der Waals surface area contributed by atoms with Gasteiger partial charge < -0.3 is 5.32 Å². The molecule has 0 aliphatic heterocycles. The van der Waals surface area contributed by atoms with E-state index in [9.17, 15) is 0 Å². The second-order valence-electron chi connectivity index (χ2n) is 5.98. The number of aryl methyl sites for hydroxylation is 1. The summed E-state index contributed by atoms with van der Waals surface area (Å²) < 4.78 is 0. The van der Waals surface area contributed by atoms with Crippen molar-refractivity contribution in [1.29, 1.82) is 0 Å². The second-order valence-corrected chi connectivity index (χ2v) is 6.36. The molecule has 1 nitrogen and oxygen atoms in total. The van der Waals surface area contributed by atoms with Gasteiger partial charge in [0, 0.05) is 24.4 Å². The minimum atomic E-state index is 0.140. The molecule has 0 fully saturated rings. The molecule has 0 radical (unpaired) electrons. The van der Waals surface area contributed by atoms with Crippen LogP contribution in [0.5, 0.6) is 0 Å². The molecule has 0 saturated carbocycles. The van der Waals surface area contributed by atoms with Crippen molar-refractivity contribution < 1.29 is 0 Å². The summed E-state index contributed by atoms with van der Waals surface area (Å²) in [6.45, 7) is 13.1. The summed E-state index contributed by atoms with van der Waals surface area (Å²) in [4.78, 5) is 0. The van der Waals surface area contributed by atoms with Crippen LogP contribution in [0.25, 0.3) is 0 Å². The number of alkyl halides is 1. The zero-order valence-electron chi connectivity index (χ0n) is 12.3. The molecule has 0 saturated heterocycles. The second kappa shape index (κ2) is 6.58. The Labute approximate surface area is 117 Å². The Bertz CT molecular complexity index is 383. The largest absolute Gasteiger partial charge is 0.315 e. The van der Waals surface area contributed by atoms with E-state index < -0.39 is 0 Å². The van der Waals surface area contributed by atoms with Gasteiger partial charge in [0.1, 0.15) is 0 Å². The lowest BCUT2D eigenvalue weighted by Gasteiger charge is -2.28. The molecule has 0 spiro atoms. The van der Waals surface area contributed by atoms with Gasteiger partial charge in [-0.3, -0.25) is 0 Å². The normalized spacial score (nSPS) is 12.2. The van der Waals surface area contributed by atoms with Crippen LogP contribution >= 0.6 is 11.6 Å². The average molecular weight is 268 g/mol. The Morgan fingerprint density at radius 1 is 1.28 bits per heavy atom. The molecule has 0 heterocycles. The van der Waals surface area contributed by atoms with Crippen molar-refractivity contribution in [1.82, 2.24) is 5.32 Å². The van der Waals surface area contributed by atoms with Crippen LogP contribution in [0, 0.1) is 6.92 Å². The van der Waals surface area contributed by atoms with Crippen LogP contribution < -0.4 is 5.32 Å². The fourth-order valence-corrected chi connectivity index (χ4v) is 2.42. The molecule has 0 atom stereocenters. The van der Waals surface area contributed by atoms with Gasteiger partial charge in [-0.2, -0.15) is 0 Å². The topological polar surface area (TPSA) is 12.0 Å². The Morgan fingerprint density at radius 2 is 1.94 bits per heavy atom. The average Bonchev–Trinajstić information content (AvgIpc) is 2.29. The summed E-state index contributed by atoms with van der Waals surface area (Å²) in [5, 5.41) is 3.42. The van der Waals surface area contributed by atoms with Gasteiger partial charge in [-0.25, -0.2) is 0 Å². The Kier molecular flexibility index (Phi) is 5.68. The quantitative estimate of drug-likeness (QED) is 0.601. The predicted molar refractivity (Wildman–Crippen MR) is 81.9 cm³/mol. The highest BCUT2D eigenvalue weighted by molar-refractivity contribution is 6.18. The van der Waals surface area contributed by atoms with Crippen molar-refractivity contribution >= 4 is 11.6 Å². The number of hydrogen-bond acceptors (Lipinski definition) is 1. The van der Waals surface area contributed by atoms with Gasteiger partial charge in [0.2, 0.25) is 0 Å². The Morgan fingerprint density at radius 3 is 2.50 bits per heavy atom. The third-order valence-electron chi connectivity index (χ3n) is 3.50. The zero-order chi connectivity index (χ0) is 13.8. The summed E-state index contributed by atoms with van der Waals surface area (Å²) in [7, 11) is 0. The molecule has 0 bridgehead atoms. The van der Waals surface area contributed by atoms with E-state index in [1.54, 1.807) is 0 Å². The van der Waals surface area contributed by atoms with E-state index in [1.807, 2.05) is 0 Å². The standard InChI is InChI=1S/C16H26ClN/c1-12(2)14-7-6-13(3)15(10-14)16(4,5)11-18-9-8-17/h6-7,10,12,18H,8-9,11H2,1-5H3. The van der Waals surface area contributed by atoms with Crippen LogP contribution in [0.15, 0.2) is 18.2 Å². The highest BCUT2D eigenvalue weighted by Gasteiger charge is 2.22. The zero-order valence-corrected chi connectivity index (χ0v) is 13.1. The van der Waals surface area contributed by atoms with Gasteiger partial charge in [-0.05, 0) is 29.5 Å². The first-order valence-corrected chi connectivity index (χ1v) is 7.29. The van der Waals surface area contributed by atoms with Crippen molar-refractivity contribution in [2.45, 2.75) is 46.0 Å². The highest BCUT2D eigenvalue weighted by atomic mass is 35.5. The molecular formula is C16H26ClN. The van der Waals surface area contributed by atoms with E-state index >= 15 is 0 Å². The molecule has 0 unspecified atom stereocenters. The fraction of sp³-hybridized carbons (Fsp3) is 0.625. The Hall–Kier alpha value is -0.530.